The molecule has 1 aromatic heterocycles. The van der Waals surface area contributed by atoms with E-state index >= 15 is 0 Å². The summed E-state index contributed by atoms with van der Waals surface area (Å²) in [5.74, 6) is 0. The van der Waals surface area contributed by atoms with E-state index in [0.717, 1.165) is 0 Å². The summed E-state index contributed by atoms with van der Waals surface area (Å²) in [7, 11) is 0. The van der Waals surface area contributed by atoms with Crippen molar-refractivity contribution in [1.82, 2.24) is 0 Å². The van der Waals surface area contributed by atoms with Crippen LogP contribution in [-0.2, 0) is 11.3 Å². The zero-order valence-corrected chi connectivity index (χ0v) is 8.00. The lowest BCUT2D eigenvalue weighted by Gasteiger charge is -1.85. The lowest BCUT2D eigenvalue weighted by atomic mass is 10.3. The van der Waals surface area contributed by atoms with Crippen molar-refractivity contribution in [3.8, 4) is 0 Å². The van der Waals surface area contributed by atoms with Crippen molar-refractivity contribution in [3.63, 3.8) is 0 Å². The maximum Gasteiger partial charge on any atom is 0.0152 e. The SMILES string of the molecule is Cc1ccsc1C.NS(=O)[O-]. The molecule has 0 amide bonds. The Morgan fingerprint density at radius 1 is 1.64 bits per heavy atom. The predicted octanol–water partition coefficient (Wildman–Crippen LogP) is 1.10. The molecule has 2 N–H and O–H groups in total. The van der Waals surface area contributed by atoms with Crippen LogP contribution in [0.4, 0.5) is 0 Å². The summed E-state index contributed by atoms with van der Waals surface area (Å²) in [6.45, 7) is 4.27. The van der Waals surface area contributed by atoms with Gasteiger partial charge in [0, 0.05) is 16.1 Å². The fourth-order valence-electron chi connectivity index (χ4n) is 0.448. The number of nitrogens with two attached hydrogens (primary N) is 1. The highest BCUT2D eigenvalue weighted by molar-refractivity contribution is 7.76. The van der Waals surface area contributed by atoms with Crippen molar-refractivity contribution in [2.24, 2.45) is 5.14 Å². The molecular formula is C6H10NO2S2-. The minimum Gasteiger partial charge on any atom is -0.760 e. The average Bonchev–Trinajstić information content (AvgIpc) is 2.15. The number of aryl methyl sites for hydroxylation is 2. The minimum atomic E-state index is -2.36. The van der Waals surface area contributed by atoms with Gasteiger partial charge in [0.05, 0.1) is 0 Å². The third-order valence-corrected chi connectivity index (χ3v) is 2.07. The van der Waals surface area contributed by atoms with Crippen LogP contribution in [0.2, 0.25) is 0 Å². The van der Waals surface area contributed by atoms with Crippen LogP contribution in [-0.4, -0.2) is 8.76 Å². The first kappa shape index (κ1) is 10.8. The maximum absolute atomic E-state index is 8.78. The number of hydrogen-bond acceptors (Lipinski definition) is 3. The molecule has 1 unspecified atom stereocenters. The first-order valence-corrected chi connectivity index (χ1v) is 4.90. The Bertz CT molecular complexity index is 214. The van der Waals surface area contributed by atoms with Crippen LogP contribution in [0.1, 0.15) is 10.4 Å². The molecule has 1 heterocycles. The van der Waals surface area contributed by atoms with Crippen molar-refractivity contribution < 1.29 is 8.76 Å². The first-order valence-electron chi connectivity index (χ1n) is 2.88. The van der Waals surface area contributed by atoms with Gasteiger partial charge in [0.1, 0.15) is 0 Å². The van der Waals surface area contributed by atoms with Gasteiger partial charge < -0.3 is 4.55 Å². The topological polar surface area (TPSA) is 66.2 Å². The van der Waals surface area contributed by atoms with Gasteiger partial charge in [-0.1, -0.05) is 0 Å². The van der Waals surface area contributed by atoms with E-state index in [9.17, 15) is 0 Å². The van der Waals surface area contributed by atoms with E-state index in [1.54, 1.807) is 11.3 Å². The van der Waals surface area contributed by atoms with Crippen LogP contribution in [0.5, 0.6) is 0 Å². The minimum absolute atomic E-state index is 1.41. The molecule has 0 fully saturated rings. The van der Waals surface area contributed by atoms with Crippen molar-refractivity contribution in [2.45, 2.75) is 13.8 Å². The van der Waals surface area contributed by atoms with E-state index in [4.69, 9.17) is 8.76 Å². The summed E-state index contributed by atoms with van der Waals surface area (Å²) >= 11 is -0.557. The van der Waals surface area contributed by atoms with Crippen LogP contribution >= 0.6 is 11.3 Å². The molecule has 0 aromatic carbocycles. The summed E-state index contributed by atoms with van der Waals surface area (Å²) in [5, 5.41) is 6.14. The van der Waals surface area contributed by atoms with E-state index in [0.29, 0.717) is 0 Å². The molecule has 0 aliphatic rings. The van der Waals surface area contributed by atoms with Crippen LogP contribution in [0.15, 0.2) is 11.4 Å². The van der Waals surface area contributed by atoms with Gasteiger partial charge in [0.15, 0.2) is 0 Å². The summed E-state index contributed by atoms with van der Waals surface area (Å²) in [5.41, 5.74) is 1.41. The Hall–Kier alpha value is -0.230. The van der Waals surface area contributed by atoms with Gasteiger partial charge in [-0.05, 0) is 30.9 Å². The fraction of sp³-hybridized carbons (Fsp3) is 0.333. The summed E-state index contributed by atoms with van der Waals surface area (Å²) in [4.78, 5) is 1.43. The molecule has 0 aliphatic heterocycles. The zero-order valence-electron chi connectivity index (χ0n) is 6.37. The average molecular weight is 192 g/mol. The summed E-state index contributed by atoms with van der Waals surface area (Å²) in [6.07, 6.45) is 0. The lowest BCUT2D eigenvalue weighted by Crippen LogP contribution is -1.97. The van der Waals surface area contributed by atoms with Crippen LogP contribution < -0.4 is 5.14 Å². The molecule has 0 aliphatic carbocycles. The quantitative estimate of drug-likeness (QED) is 0.625. The normalized spacial score (nSPS) is 11.6. The van der Waals surface area contributed by atoms with E-state index < -0.39 is 11.3 Å². The zero-order chi connectivity index (χ0) is 8.85. The smallest absolute Gasteiger partial charge is 0.0152 e. The molecule has 1 aromatic rings. The van der Waals surface area contributed by atoms with E-state index in [1.807, 2.05) is 0 Å². The highest BCUT2D eigenvalue weighted by Gasteiger charge is 1.87. The standard InChI is InChI=1S/C6H8S.H3NO2S/c1-5-3-4-7-6(5)2;1-4(2)3/h3-4H,1-2H3;1H2,(H,2,3)/p-1. The molecule has 5 heteroatoms. The van der Waals surface area contributed by atoms with Gasteiger partial charge in [0.25, 0.3) is 0 Å². The molecule has 0 spiro atoms. The Morgan fingerprint density at radius 3 is 2.18 bits per heavy atom. The maximum atomic E-state index is 8.78. The number of hydrogen-bond donors (Lipinski definition) is 1. The molecule has 1 rings (SSSR count). The second-order valence-corrected chi connectivity index (χ2v) is 3.56. The Balaban J connectivity index is 0.000000218. The van der Waals surface area contributed by atoms with E-state index in [-0.39, 0.29) is 0 Å². The van der Waals surface area contributed by atoms with Crippen molar-refractivity contribution >= 4 is 22.6 Å². The third-order valence-electron chi connectivity index (χ3n) is 1.12. The van der Waals surface area contributed by atoms with Gasteiger partial charge >= 0.3 is 0 Å². The monoisotopic (exact) mass is 192 g/mol. The number of thiophene rings is 1. The Morgan fingerprint density at radius 2 is 2.09 bits per heavy atom. The van der Waals surface area contributed by atoms with Gasteiger partial charge in [-0.3, -0.25) is 9.35 Å². The van der Waals surface area contributed by atoms with E-state index in [2.05, 4.69) is 30.4 Å². The van der Waals surface area contributed by atoms with Crippen molar-refractivity contribution in [2.75, 3.05) is 0 Å². The first-order chi connectivity index (χ1) is 5.04. The fourth-order valence-corrected chi connectivity index (χ4v) is 1.18. The molecule has 0 saturated carbocycles. The van der Waals surface area contributed by atoms with Gasteiger partial charge in [-0.25, -0.2) is 0 Å². The second-order valence-electron chi connectivity index (χ2n) is 1.92. The molecule has 0 radical (unpaired) electrons. The van der Waals surface area contributed by atoms with Crippen LogP contribution in [0, 0.1) is 13.8 Å². The van der Waals surface area contributed by atoms with Crippen LogP contribution in [0.25, 0.3) is 0 Å². The molecule has 3 nitrogen and oxygen atoms in total. The summed E-state index contributed by atoms with van der Waals surface area (Å²) < 4.78 is 17.6. The third kappa shape index (κ3) is 6.18. The molecule has 64 valence electrons. The van der Waals surface area contributed by atoms with Gasteiger partial charge in [0.2, 0.25) is 0 Å². The van der Waals surface area contributed by atoms with Gasteiger partial charge in [-0.2, -0.15) is 0 Å². The highest BCUT2D eigenvalue weighted by atomic mass is 32.2. The van der Waals surface area contributed by atoms with Crippen molar-refractivity contribution in [3.05, 3.63) is 21.9 Å². The van der Waals surface area contributed by atoms with Gasteiger partial charge in [-0.15, -0.1) is 11.3 Å². The molecular weight excluding hydrogens is 182 g/mol. The largest absolute Gasteiger partial charge is 0.760 e. The molecule has 0 saturated heterocycles. The second kappa shape index (κ2) is 5.42. The molecule has 1 atom stereocenters. The summed E-state index contributed by atoms with van der Waals surface area (Å²) in [6, 6.07) is 2.14. The number of rotatable bonds is 0. The van der Waals surface area contributed by atoms with Crippen molar-refractivity contribution in [1.29, 1.82) is 0 Å². The predicted molar refractivity (Wildman–Crippen MR) is 46.9 cm³/mol. The highest BCUT2D eigenvalue weighted by Crippen LogP contribution is 2.12. The Labute approximate surface area is 72.7 Å². The molecule has 11 heavy (non-hydrogen) atoms. The van der Waals surface area contributed by atoms with E-state index in [1.165, 1.54) is 10.4 Å². The van der Waals surface area contributed by atoms with Crippen LogP contribution in [0.3, 0.4) is 0 Å². The lowest BCUT2D eigenvalue weighted by molar-refractivity contribution is 0.539. The Kier molecular flexibility index (Phi) is 5.31. The molecule has 0 bridgehead atoms.